The zero-order chi connectivity index (χ0) is 19.5. The van der Waals surface area contributed by atoms with Gasteiger partial charge in [-0.25, -0.2) is 8.42 Å². The predicted molar refractivity (Wildman–Crippen MR) is 104 cm³/mol. The van der Waals surface area contributed by atoms with E-state index in [1.807, 2.05) is 36.4 Å². The summed E-state index contributed by atoms with van der Waals surface area (Å²) in [7, 11) is -3.68. The molecule has 2 saturated heterocycles. The summed E-state index contributed by atoms with van der Waals surface area (Å²) in [6, 6.07) is 12.2. The average Bonchev–Trinajstić information content (AvgIpc) is 2.92. The summed E-state index contributed by atoms with van der Waals surface area (Å²) in [5.74, 6) is -0.847. The standard InChI is InChI=1S/C21H20N2O4S/c24-20-17-9-3-4-10-18(17)21(25)23(20)15-12-22(13-15)28(26,27)19-11-5-7-14-6-1-2-8-16(14)19/h1-8,11,15,17-18H,9-10,12-13H2. The molecule has 1 aliphatic carbocycles. The summed E-state index contributed by atoms with van der Waals surface area (Å²) in [4.78, 5) is 27.0. The molecule has 2 atom stereocenters. The molecule has 2 aromatic rings. The van der Waals surface area contributed by atoms with Gasteiger partial charge in [-0.3, -0.25) is 14.5 Å². The van der Waals surface area contributed by atoms with Gasteiger partial charge >= 0.3 is 0 Å². The molecule has 0 N–H and O–H groups in total. The molecule has 6 nitrogen and oxygen atoms in total. The van der Waals surface area contributed by atoms with Gasteiger partial charge in [0.1, 0.15) is 0 Å². The molecule has 144 valence electrons. The molecular formula is C21H20N2O4S. The molecule has 7 heteroatoms. The molecule has 2 fully saturated rings. The normalized spacial score (nSPS) is 25.9. The molecule has 0 bridgehead atoms. The Bertz CT molecular complexity index is 1090. The Balaban J connectivity index is 1.38. The van der Waals surface area contributed by atoms with Crippen LogP contribution in [-0.4, -0.2) is 48.6 Å². The zero-order valence-electron chi connectivity index (χ0n) is 15.2. The maximum atomic E-state index is 13.1. The number of carbonyl (C=O) groups is 2. The van der Waals surface area contributed by atoms with Crippen LogP contribution in [0.5, 0.6) is 0 Å². The van der Waals surface area contributed by atoms with Crippen LogP contribution >= 0.6 is 0 Å². The van der Waals surface area contributed by atoms with Gasteiger partial charge in [-0.2, -0.15) is 4.31 Å². The Hall–Kier alpha value is -2.51. The fourth-order valence-electron chi connectivity index (χ4n) is 4.52. The van der Waals surface area contributed by atoms with Crippen LogP contribution in [0, 0.1) is 11.8 Å². The molecule has 2 amide bonds. The molecule has 3 aliphatic rings. The second-order valence-electron chi connectivity index (χ2n) is 7.66. The van der Waals surface area contributed by atoms with Gasteiger partial charge in [0.05, 0.1) is 22.8 Å². The van der Waals surface area contributed by atoms with Gasteiger partial charge in [0.15, 0.2) is 0 Å². The lowest BCUT2D eigenvalue weighted by Gasteiger charge is -2.42. The highest BCUT2D eigenvalue weighted by Crippen LogP contribution is 2.38. The van der Waals surface area contributed by atoms with E-state index in [9.17, 15) is 18.0 Å². The number of hydrogen-bond acceptors (Lipinski definition) is 4. The van der Waals surface area contributed by atoms with E-state index in [-0.39, 0.29) is 47.7 Å². The molecule has 2 unspecified atom stereocenters. The number of nitrogens with zero attached hydrogens (tertiary/aromatic N) is 2. The Labute approximate surface area is 163 Å². The number of hydrogen-bond donors (Lipinski definition) is 0. The van der Waals surface area contributed by atoms with Crippen LogP contribution in [0.15, 0.2) is 59.5 Å². The smallest absolute Gasteiger partial charge is 0.243 e. The van der Waals surface area contributed by atoms with E-state index in [2.05, 4.69) is 0 Å². The molecule has 2 heterocycles. The molecule has 2 aliphatic heterocycles. The van der Waals surface area contributed by atoms with Crippen molar-refractivity contribution in [3.8, 4) is 0 Å². The van der Waals surface area contributed by atoms with Crippen molar-refractivity contribution in [1.29, 1.82) is 0 Å². The van der Waals surface area contributed by atoms with E-state index in [0.717, 1.165) is 5.39 Å². The average molecular weight is 396 g/mol. The van der Waals surface area contributed by atoms with Gasteiger partial charge in [0, 0.05) is 18.5 Å². The number of sulfonamides is 1. The Kier molecular flexibility index (Phi) is 3.93. The maximum absolute atomic E-state index is 13.1. The number of benzene rings is 2. The van der Waals surface area contributed by atoms with E-state index in [0.29, 0.717) is 18.2 Å². The summed E-state index contributed by atoms with van der Waals surface area (Å²) >= 11 is 0. The highest BCUT2D eigenvalue weighted by Gasteiger charge is 2.53. The Morgan fingerprint density at radius 1 is 0.821 bits per heavy atom. The lowest BCUT2D eigenvalue weighted by Crippen LogP contribution is -2.62. The number of amides is 2. The Morgan fingerprint density at radius 3 is 2.11 bits per heavy atom. The molecule has 28 heavy (non-hydrogen) atoms. The molecule has 0 spiro atoms. The SMILES string of the molecule is O=C1C2CC=CCC2C(=O)N1C1CN(S(=O)(=O)c2cccc3ccccc23)C1. The first-order chi connectivity index (χ1) is 13.5. The minimum absolute atomic E-state index is 0.147. The van der Waals surface area contributed by atoms with Crippen molar-refractivity contribution in [3.63, 3.8) is 0 Å². The lowest BCUT2D eigenvalue weighted by atomic mass is 9.85. The summed E-state index contributed by atoms with van der Waals surface area (Å²) in [5.41, 5.74) is 0. The summed E-state index contributed by atoms with van der Waals surface area (Å²) in [6.07, 6.45) is 5.09. The summed E-state index contributed by atoms with van der Waals surface area (Å²) in [5, 5.41) is 1.54. The zero-order valence-corrected chi connectivity index (χ0v) is 16.0. The van der Waals surface area contributed by atoms with Crippen LogP contribution in [-0.2, 0) is 19.6 Å². The van der Waals surface area contributed by atoms with Crippen molar-refractivity contribution in [2.45, 2.75) is 23.8 Å². The summed E-state index contributed by atoms with van der Waals surface area (Å²) < 4.78 is 27.6. The number of rotatable bonds is 3. The van der Waals surface area contributed by atoms with E-state index in [1.165, 1.54) is 9.21 Å². The first-order valence-electron chi connectivity index (χ1n) is 9.48. The highest BCUT2D eigenvalue weighted by molar-refractivity contribution is 7.89. The van der Waals surface area contributed by atoms with Crippen LogP contribution in [0.4, 0.5) is 0 Å². The van der Waals surface area contributed by atoms with Gasteiger partial charge in [-0.1, -0.05) is 48.6 Å². The van der Waals surface area contributed by atoms with Gasteiger partial charge in [0.25, 0.3) is 0 Å². The number of fused-ring (bicyclic) bond motifs is 2. The van der Waals surface area contributed by atoms with E-state index >= 15 is 0 Å². The first kappa shape index (κ1) is 17.6. The highest BCUT2D eigenvalue weighted by atomic mass is 32.2. The van der Waals surface area contributed by atoms with E-state index in [4.69, 9.17) is 0 Å². The third kappa shape index (κ3) is 2.46. The van der Waals surface area contributed by atoms with Crippen molar-refractivity contribution in [1.82, 2.24) is 9.21 Å². The molecule has 0 saturated carbocycles. The van der Waals surface area contributed by atoms with Gasteiger partial charge in [0.2, 0.25) is 21.8 Å². The third-order valence-electron chi connectivity index (χ3n) is 6.10. The van der Waals surface area contributed by atoms with Crippen molar-refractivity contribution < 1.29 is 18.0 Å². The fourth-order valence-corrected chi connectivity index (χ4v) is 6.25. The van der Waals surface area contributed by atoms with Crippen LogP contribution in [0.2, 0.25) is 0 Å². The van der Waals surface area contributed by atoms with Crippen LogP contribution in [0.25, 0.3) is 10.8 Å². The van der Waals surface area contributed by atoms with E-state index in [1.54, 1.807) is 18.2 Å². The minimum Gasteiger partial charge on any atom is -0.276 e. The second kappa shape index (κ2) is 6.25. The monoisotopic (exact) mass is 396 g/mol. The third-order valence-corrected chi connectivity index (χ3v) is 7.99. The molecule has 2 aromatic carbocycles. The topological polar surface area (TPSA) is 74.8 Å². The number of imide groups is 1. The quantitative estimate of drug-likeness (QED) is 0.589. The van der Waals surface area contributed by atoms with Gasteiger partial charge in [-0.15, -0.1) is 0 Å². The van der Waals surface area contributed by atoms with Crippen molar-refractivity contribution in [3.05, 3.63) is 54.6 Å². The van der Waals surface area contributed by atoms with Crippen LogP contribution in [0.1, 0.15) is 12.8 Å². The molecule has 0 radical (unpaired) electrons. The number of allylic oxidation sites excluding steroid dienone is 2. The molecule has 5 rings (SSSR count). The minimum atomic E-state index is -3.68. The first-order valence-corrected chi connectivity index (χ1v) is 10.9. The summed E-state index contributed by atoms with van der Waals surface area (Å²) in [6.45, 7) is 0.325. The van der Waals surface area contributed by atoms with Crippen LogP contribution < -0.4 is 0 Å². The van der Waals surface area contributed by atoms with Crippen LogP contribution in [0.3, 0.4) is 0 Å². The Morgan fingerprint density at radius 2 is 1.43 bits per heavy atom. The van der Waals surface area contributed by atoms with Crippen molar-refractivity contribution in [2.24, 2.45) is 11.8 Å². The predicted octanol–water partition coefficient (Wildman–Crippen LogP) is 2.16. The van der Waals surface area contributed by atoms with Gasteiger partial charge in [-0.05, 0) is 24.3 Å². The van der Waals surface area contributed by atoms with Crippen molar-refractivity contribution >= 4 is 32.6 Å². The number of carbonyl (C=O) groups excluding carboxylic acids is 2. The molecule has 0 aromatic heterocycles. The van der Waals surface area contributed by atoms with E-state index < -0.39 is 10.0 Å². The second-order valence-corrected chi connectivity index (χ2v) is 9.56. The van der Waals surface area contributed by atoms with Gasteiger partial charge < -0.3 is 0 Å². The maximum Gasteiger partial charge on any atom is 0.243 e. The van der Waals surface area contributed by atoms with Crippen molar-refractivity contribution in [2.75, 3.05) is 13.1 Å². The lowest BCUT2D eigenvalue weighted by molar-refractivity contribution is -0.145. The molecular weight excluding hydrogens is 376 g/mol. The fraction of sp³-hybridized carbons (Fsp3) is 0.333. The number of likely N-dealkylation sites (tertiary alicyclic amines) is 1. The largest absolute Gasteiger partial charge is 0.276 e.